The second-order valence-electron chi connectivity index (χ2n) is 4.02. The third kappa shape index (κ3) is 4.44. The molecule has 0 amide bonds. The molecule has 0 radical (unpaired) electrons. The molecule has 2 atom stereocenters. The van der Waals surface area contributed by atoms with Crippen LogP contribution in [0.25, 0.3) is 0 Å². The number of thioether (sulfide) groups is 1. The van der Waals surface area contributed by atoms with Crippen molar-refractivity contribution < 1.29 is 14.3 Å². The van der Waals surface area contributed by atoms with Gasteiger partial charge in [0.2, 0.25) is 5.76 Å². The standard InChI is InChI=1S/C12H19NO3S/c1-8(17-3)6-7-13-9(2)10-4-5-11(16-10)12(14)15/h4-5,8-9,13H,6-7H2,1-3H3,(H,14,15). The number of aromatic carboxylic acids is 1. The van der Waals surface area contributed by atoms with E-state index in [-0.39, 0.29) is 11.8 Å². The highest BCUT2D eigenvalue weighted by Crippen LogP contribution is 2.16. The molecule has 0 aliphatic carbocycles. The predicted molar refractivity (Wildman–Crippen MR) is 69.7 cm³/mol. The summed E-state index contributed by atoms with van der Waals surface area (Å²) in [7, 11) is 0. The molecule has 0 aliphatic rings. The summed E-state index contributed by atoms with van der Waals surface area (Å²) in [6.07, 6.45) is 3.18. The van der Waals surface area contributed by atoms with Crippen LogP contribution in [0.4, 0.5) is 0 Å². The van der Waals surface area contributed by atoms with Gasteiger partial charge in [-0.3, -0.25) is 0 Å². The number of carbonyl (C=O) groups is 1. The van der Waals surface area contributed by atoms with Gasteiger partial charge in [-0.25, -0.2) is 4.79 Å². The lowest BCUT2D eigenvalue weighted by Gasteiger charge is -2.13. The second-order valence-corrected chi connectivity index (χ2v) is 5.29. The van der Waals surface area contributed by atoms with Gasteiger partial charge in [0.1, 0.15) is 5.76 Å². The highest BCUT2D eigenvalue weighted by Gasteiger charge is 2.13. The Morgan fingerprint density at radius 2 is 2.24 bits per heavy atom. The number of rotatable bonds is 7. The van der Waals surface area contributed by atoms with Gasteiger partial charge in [-0.05, 0) is 38.3 Å². The predicted octanol–water partition coefficient (Wildman–Crippen LogP) is 2.77. The van der Waals surface area contributed by atoms with Crippen molar-refractivity contribution in [3.63, 3.8) is 0 Å². The summed E-state index contributed by atoms with van der Waals surface area (Å²) in [5.41, 5.74) is 0. The molecule has 4 nitrogen and oxygen atoms in total. The van der Waals surface area contributed by atoms with Gasteiger partial charge < -0.3 is 14.8 Å². The number of furan rings is 1. The van der Waals surface area contributed by atoms with Crippen molar-refractivity contribution in [3.05, 3.63) is 23.7 Å². The van der Waals surface area contributed by atoms with Crippen LogP contribution in [0.5, 0.6) is 0 Å². The number of carboxylic acids is 1. The Morgan fingerprint density at radius 1 is 1.53 bits per heavy atom. The first-order chi connectivity index (χ1) is 8.04. The van der Waals surface area contributed by atoms with Crippen LogP contribution in [0.15, 0.2) is 16.5 Å². The van der Waals surface area contributed by atoms with Crippen molar-refractivity contribution in [2.45, 2.75) is 31.6 Å². The molecular formula is C12H19NO3S. The molecule has 0 bridgehead atoms. The Balaban J connectivity index is 2.41. The largest absolute Gasteiger partial charge is 0.475 e. The van der Waals surface area contributed by atoms with Crippen molar-refractivity contribution in [3.8, 4) is 0 Å². The Labute approximate surface area is 106 Å². The Kier molecular flexibility index (Phi) is 5.58. The summed E-state index contributed by atoms with van der Waals surface area (Å²) >= 11 is 1.84. The molecule has 0 aliphatic heterocycles. The summed E-state index contributed by atoms with van der Waals surface area (Å²) in [4.78, 5) is 10.7. The zero-order chi connectivity index (χ0) is 12.8. The zero-order valence-corrected chi connectivity index (χ0v) is 11.2. The van der Waals surface area contributed by atoms with Gasteiger partial charge in [-0.2, -0.15) is 11.8 Å². The van der Waals surface area contributed by atoms with E-state index in [0.717, 1.165) is 13.0 Å². The molecule has 0 saturated heterocycles. The van der Waals surface area contributed by atoms with Gasteiger partial charge in [0.25, 0.3) is 0 Å². The van der Waals surface area contributed by atoms with Crippen LogP contribution in [0.3, 0.4) is 0 Å². The zero-order valence-electron chi connectivity index (χ0n) is 10.4. The van der Waals surface area contributed by atoms with Crippen LogP contribution in [-0.4, -0.2) is 29.1 Å². The van der Waals surface area contributed by atoms with E-state index < -0.39 is 5.97 Å². The van der Waals surface area contributed by atoms with Crippen molar-refractivity contribution in [1.29, 1.82) is 0 Å². The SMILES string of the molecule is CSC(C)CCNC(C)c1ccc(C(=O)O)o1. The molecular weight excluding hydrogens is 238 g/mol. The molecule has 2 N–H and O–H groups in total. The Hall–Kier alpha value is -0.940. The van der Waals surface area contributed by atoms with E-state index in [0.29, 0.717) is 11.0 Å². The van der Waals surface area contributed by atoms with E-state index in [2.05, 4.69) is 18.5 Å². The van der Waals surface area contributed by atoms with Crippen LogP contribution >= 0.6 is 11.8 Å². The molecule has 5 heteroatoms. The lowest BCUT2D eigenvalue weighted by Crippen LogP contribution is -2.21. The van der Waals surface area contributed by atoms with Gasteiger partial charge in [0, 0.05) is 5.25 Å². The second kappa shape index (κ2) is 6.71. The van der Waals surface area contributed by atoms with E-state index >= 15 is 0 Å². The van der Waals surface area contributed by atoms with Gasteiger partial charge >= 0.3 is 5.97 Å². The van der Waals surface area contributed by atoms with E-state index in [9.17, 15) is 4.79 Å². The van der Waals surface area contributed by atoms with Crippen LogP contribution in [-0.2, 0) is 0 Å². The monoisotopic (exact) mass is 257 g/mol. The molecule has 0 aromatic carbocycles. The van der Waals surface area contributed by atoms with Crippen molar-refractivity contribution >= 4 is 17.7 Å². The maximum atomic E-state index is 10.7. The van der Waals surface area contributed by atoms with Gasteiger partial charge in [-0.15, -0.1) is 0 Å². The van der Waals surface area contributed by atoms with E-state index in [4.69, 9.17) is 9.52 Å². The average Bonchev–Trinajstić information content (AvgIpc) is 2.78. The number of hydrogen-bond donors (Lipinski definition) is 2. The Bertz CT molecular complexity index is 364. The lowest BCUT2D eigenvalue weighted by molar-refractivity contribution is 0.0659. The molecule has 0 fully saturated rings. The fraction of sp³-hybridized carbons (Fsp3) is 0.583. The van der Waals surface area contributed by atoms with Crippen molar-refractivity contribution in [2.75, 3.05) is 12.8 Å². The smallest absolute Gasteiger partial charge is 0.371 e. The molecule has 1 aromatic rings. The summed E-state index contributed by atoms with van der Waals surface area (Å²) in [6.45, 7) is 5.05. The maximum absolute atomic E-state index is 10.7. The Morgan fingerprint density at radius 3 is 2.76 bits per heavy atom. The molecule has 1 aromatic heterocycles. The average molecular weight is 257 g/mol. The highest BCUT2D eigenvalue weighted by molar-refractivity contribution is 7.99. The quantitative estimate of drug-likeness (QED) is 0.786. The number of hydrogen-bond acceptors (Lipinski definition) is 4. The first kappa shape index (κ1) is 14.1. The van der Waals surface area contributed by atoms with Crippen LogP contribution in [0, 0.1) is 0 Å². The molecule has 2 unspecified atom stereocenters. The summed E-state index contributed by atoms with van der Waals surface area (Å²) in [6, 6.07) is 3.23. The maximum Gasteiger partial charge on any atom is 0.371 e. The van der Waals surface area contributed by atoms with E-state index in [1.54, 1.807) is 6.07 Å². The fourth-order valence-electron chi connectivity index (χ4n) is 1.42. The topological polar surface area (TPSA) is 62.5 Å². The van der Waals surface area contributed by atoms with Crippen molar-refractivity contribution in [1.82, 2.24) is 5.32 Å². The third-order valence-corrected chi connectivity index (χ3v) is 3.71. The summed E-state index contributed by atoms with van der Waals surface area (Å²) in [5.74, 6) is -0.371. The molecule has 17 heavy (non-hydrogen) atoms. The molecule has 1 heterocycles. The molecule has 0 spiro atoms. The first-order valence-electron chi connectivity index (χ1n) is 5.63. The molecule has 96 valence electrons. The summed E-state index contributed by atoms with van der Waals surface area (Å²) < 4.78 is 5.22. The normalized spacial score (nSPS) is 14.5. The van der Waals surface area contributed by atoms with Crippen LogP contribution in [0.1, 0.15) is 42.6 Å². The third-order valence-electron chi connectivity index (χ3n) is 2.67. The fourth-order valence-corrected chi connectivity index (χ4v) is 1.78. The highest BCUT2D eigenvalue weighted by atomic mass is 32.2. The number of carboxylic acid groups (broad SMARTS) is 1. The minimum absolute atomic E-state index is 0.00821. The van der Waals surface area contributed by atoms with Crippen LogP contribution < -0.4 is 5.32 Å². The first-order valence-corrected chi connectivity index (χ1v) is 6.92. The van der Waals surface area contributed by atoms with Crippen LogP contribution in [0.2, 0.25) is 0 Å². The minimum Gasteiger partial charge on any atom is -0.475 e. The van der Waals surface area contributed by atoms with Gasteiger partial charge in [-0.1, -0.05) is 6.92 Å². The number of nitrogens with one attached hydrogen (secondary N) is 1. The van der Waals surface area contributed by atoms with Crippen molar-refractivity contribution in [2.24, 2.45) is 0 Å². The van der Waals surface area contributed by atoms with Gasteiger partial charge in [0.05, 0.1) is 6.04 Å². The van der Waals surface area contributed by atoms with E-state index in [1.807, 2.05) is 18.7 Å². The lowest BCUT2D eigenvalue weighted by atomic mass is 10.2. The van der Waals surface area contributed by atoms with E-state index in [1.165, 1.54) is 6.07 Å². The molecule has 0 saturated carbocycles. The van der Waals surface area contributed by atoms with Gasteiger partial charge in [0.15, 0.2) is 0 Å². The minimum atomic E-state index is -1.03. The summed E-state index contributed by atoms with van der Waals surface area (Å²) in [5, 5.41) is 12.7. The molecule has 1 rings (SSSR count).